The number of nitrogens with zero attached hydrogens (tertiary/aromatic N) is 1. The number of aromatic amines is 1. The summed E-state index contributed by atoms with van der Waals surface area (Å²) >= 11 is 0. The first-order chi connectivity index (χ1) is 7.07. The fraction of sp³-hybridized carbons (Fsp3) is 0.625. The average Bonchev–Trinajstić information content (AvgIpc) is 2.67. The van der Waals surface area contributed by atoms with E-state index in [1.165, 1.54) is 6.20 Å². The van der Waals surface area contributed by atoms with Crippen LogP contribution < -0.4 is 5.32 Å². The standard InChI is InChI=1S/C8H10F3N3O/c9-8(10,11)7-13-3-5(14-7)6-4-12-1-2-15-6/h3,6,12H,1-2,4H2,(H,13,14). The maximum Gasteiger partial charge on any atom is 0.449 e. The quantitative estimate of drug-likeness (QED) is 0.746. The van der Waals surface area contributed by atoms with E-state index >= 15 is 0 Å². The predicted octanol–water partition coefficient (Wildman–Crippen LogP) is 1.09. The second kappa shape index (κ2) is 3.82. The minimum atomic E-state index is -4.43. The topological polar surface area (TPSA) is 49.9 Å². The highest BCUT2D eigenvalue weighted by atomic mass is 19.4. The number of nitrogens with one attached hydrogen (secondary N) is 2. The van der Waals surface area contributed by atoms with E-state index in [1.54, 1.807) is 0 Å². The second-order valence-electron chi connectivity index (χ2n) is 3.25. The molecule has 1 aromatic rings. The zero-order valence-corrected chi connectivity index (χ0v) is 7.77. The molecule has 1 atom stereocenters. The molecule has 1 aliphatic heterocycles. The van der Waals surface area contributed by atoms with E-state index in [1.807, 2.05) is 0 Å². The summed E-state index contributed by atoms with van der Waals surface area (Å²) in [7, 11) is 0. The largest absolute Gasteiger partial charge is 0.449 e. The highest BCUT2D eigenvalue weighted by Gasteiger charge is 2.35. The fourth-order valence-corrected chi connectivity index (χ4v) is 1.41. The Morgan fingerprint density at radius 2 is 2.27 bits per heavy atom. The van der Waals surface area contributed by atoms with Crippen LogP contribution in [-0.4, -0.2) is 29.7 Å². The molecule has 1 aliphatic rings. The molecule has 0 saturated carbocycles. The third kappa shape index (κ3) is 2.29. The average molecular weight is 221 g/mol. The fourth-order valence-electron chi connectivity index (χ4n) is 1.41. The van der Waals surface area contributed by atoms with Crippen molar-refractivity contribution in [3.05, 3.63) is 17.7 Å². The molecular weight excluding hydrogens is 211 g/mol. The van der Waals surface area contributed by atoms with E-state index in [-0.39, 0.29) is 6.10 Å². The molecule has 1 fully saturated rings. The van der Waals surface area contributed by atoms with Crippen molar-refractivity contribution < 1.29 is 17.9 Å². The summed E-state index contributed by atoms with van der Waals surface area (Å²) in [6.45, 7) is 1.71. The number of H-pyrrole nitrogens is 1. The number of halogens is 3. The maximum absolute atomic E-state index is 12.2. The molecule has 2 N–H and O–H groups in total. The van der Waals surface area contributed by atoms with Gasteiger partial charge in [0.2, 0.25) is 5.82 Å². The zero-order chi connectivity index (χ0) is 10.9. The number of rotatable bonds is 1. The Morgan fingerprint density at radius 3 is 2.80 bits per heavy atom. The Balaban J connectivity index is 2.12. The zero-order valence-electron chi connectivity index (χ0n) is 7.77. The second-order valence-corrected chi connectivity index (χ2v) is 3.25. The van der Waals surface area contributed by atoms with E-state index in [0.29, 0.717) is 18.8 Å². The van der Waals surface area contributed by atoms with Crippen molar-refractivity contribution in [2.75, 3.05) is 19.7 Å². The van der Waals surface area contributed by atoms with Gasteiger partial charge in [0.25, 0.3) is 0 Å². The summed E-state index contributed by atoms with van der Waals surface area (Å²) in [5.41, 5.74) is 0.356. The number of hydrogen-bond donors (Lipinski definition) is 2. The number of imidazole rings is 1. The highest BCUT2D eigenvalue weighted by molar-refractivity contribution is 5.08. The van der Waals surface area contributed by atoms with Crippen LogP contribution in [0.1, 0.15) is 17.6 Å². The van der Waals surface area contributed by atoms with Gasteiger partial charge in [0.15, 0.2) is 0 Å². The van der Waals surface area contributed by atoms with Crippen molar-refractivity contribution in [2.45, 2.75) is 12.3 Å². The van der Waals surface area contributed by atoms with E-state index < -0.39 is 12.0 Å². The monoisotopic (exact) mass is 221 g/mol. The Hall–Kier alpha value is -1.08. The summed E-state index contributed by atoms with van der Waals surface area (Å²) in [5.74, 6) is -0.980. The lowest BCUT2D eigenvalue weighted by Crippen LogP contribution is -2.33. The number of morpholine rings is 1. The minimum absolute atomic E-state index is 0.356. The normalized spacial score (nSPS) is 23.0. The molecule has 0 spiro atoms. The third-order valence-corrected chi connectivity index (χ3v) is 2.14. The van der Waals surface area contributed by atoms with Gasteiger partial charge in [0, 0.05) is 13.1 Å². The molecule has 1 unspecified atom stereocenters. The summed E-state index contributed by atoms with van der Waals surface area (Å²) in [5, 5.41) is 3.03. The lowest BCUT2D eigenvalue weighted by Gasteiger charge is -2.22. The van der Waals surface area contributed by atoms with Crippen LogP contribution in [0.15, 0.2) is 6.20 Å². The van der Waals surface area contributed by atoms with Gasteiger partial charge in [-0.05, 0) is 0 Å². The first-order valence-corrected chi connectivity index (χ1v) is 4.52. The van der Waals surface area contributed by atoms with Crippen LogP contribution in [-0.2, 0) is 10.9 Å². The van der Waals surface area contributed by atoms with Crippen LogP contribution in [0.5, 0.6) is 0 Å². The predicted molar refractivity (Wildman–Crippen MR) is 45.2 cm³/mol. The lowest BCUT2D eigenvalue weighted by atomic mass is 10.2. The minimum Gasteiger partial charge on any atom is -0.369 e. The van der Waals surface area contributed by atoms with Gasteiger partial charge >= 0.3 is 6.18 Å². The molecule has 0 bridgehead atoms. The van der Waals surface area contributed by atoms with Crippen molar-refractivity contribution in [2.24, 2.45) is 0 Å². The number of ether oxygens (including phenoxy) is 1. The Bertz CT molecular complexity index is 330. The van der Waals surface area contributed by atoms with Crippen LogP contribution in [0.25, 0.3) is 0 Å². The van der Waals surface area contributed by atoms with Crippen molar-refractivity contribution in [3.63, 3.8) is 0 Å². The van der Waals surface area contributed by atoms with E-state index in [2.05, 4.69) is 15.3 Å². The molecule has 0 aromatic carbocycles. The summed E-state index contributed by atoms with van der Waals surface area (Å²) in [6.07, 6.45) is -3.64. The maximum atomic E-state index is 12.2. The van der Waals surface area contributed by atoms with Gasteiger partial charge in [-0.1, -0.05) is 0 Å². The van der Waals surface area contributed by atoms with Crippen molar-refractivity contribution in [1.82, 2.24) is 15.3 Å². The lowest BCUT2D eigenvalue weighted by molar-refractivity contribution is -0.144. The van der Waals surface area contributed by atoms with Gasteiger partial charge < -0.3 is 15.0 Å². The molecule has 0 radical (unpaired) electrons. The van der Waals surface area contributed by atoms with Gasteiger partial charge in [-0.3, -0.25) is 0 Å². The summed E-state index contributed by atoms with van der Waals surface area (Å²) in [4.78, 5) is 5.50. The molecule has 7 heteroatoms. The van der Waals surface area contributed by atoms with Gasteiger partial charge in [0.05, 0.1) is 18.5 Å². The van der Waals surface area contributed by atoms with Crippen LogP contribution >= 0.6 is 0 Å². The number of hydrogen-bond acceptors (Lipinski definition) is 3. The number of aromatic nitrogens is 2. The molecule has 1 aromatic heterocycles. The van der Waals surface area contributed by atoms with Gasteiger partial charge in [0.1, 0.15) is 6.10 Å². The third-order valence-electron chi connectivity index (χ3n) is 2.14. The van der Waals surface area contributed by atoms with Crippen molar-refractivity contribution in [3.8, 4) is 0 Å². The smallest absolute Gasteiger partial charge is 0.369 e. The molecule has 84 valence electrons. The Labute approximate surface area is 83.8 Å². The van der Waals surface area contributed by atoms with Crippen LogP contribution in [0.4, 0.5) is 13.2 Å². The highest BCUT2D eigenvalue weighted by Crippen LogP contribution is 2.28. The summed E-state index contributed by atoms with van der Waals surface area (Å²) < 4.78 is 41.9. The molecular formula is C8H10F3N3O. The Morgan fingerprint density at radius 1 is 1.47 bits per heavy atom. The van der Waals surface area contributed by atoms with Crippen LogP contribution in [0, 0.1) is 0 Å². The number of alkyl halides is 3. The molecule has 2 rings (SSSR count). The van der Waals surface area contributed by atoms with Gasteiger partial charge in [-0.2, -0.15) is 13.2 Å². The SMILES string of the molecule is FC(F)(F)c1ncc(C2CNCCO2)[nH]1. The van der Waals surface area contributed by atoms with E-state index in [4.69, 9.17) is 4.74 Å². The van der Waals surface area contributed by atoms with Crippen molar-refractivity contribution >= 4 is 0 Å². The first-order valence-electron chi connectivity index (χ1n) is 4.52. The summed E-state index contributed by atoms with van der Waals surface area (Å²) in [6, 6.07) is 0. The van der Waals surface area contributed by atoms with Crippen LogP contribution in [0.2, 0.25) is 0 Å². The molecule has 2 heterocycles. The van der Waals surface area contributed by atoms with Gasteiger partial charge in [-0.15, -0.1) is 0 Å². The molecule has 4 nitrogen and oxygen atoms in total. The van der Waals surface area contributed by atoms with Crippen LogP contribution in [0.3, 0.4) is 0 Å². The molecule has 15 heavy (non-hydrogen) atoms. The first kappa shape index (κ1) is 10.4. The van der Waals surface area contributed by atoms with Crippen molar-refractivity contribution in [1.29, 1.82) is 0 Å². The Kier molecular flexibility index (Phi) is 2.66. The molecule has 0 amide bonds. The van der Waals surface area contributed by atoms with E-state index in [9.17, 15) is 13.2 Å². The molecule has 1 saturated heterocycles. The van der Waals surface area contributed by atoms with E-state index in [0.717, 1.165) is 6.54 Å². The van der Waals surface area contributed by atoms with Gasteiger partial charge in [-0.25, -0.2) is 4.98 Å². The molecule has 0 aliphatic carbocycles.